The number of rotatable bonds is 4. The number of furan rings is 1. The first-order valence-corrected chi connectivity index (χ1v) is 17.3. The predicted molar refractivity (Wildman–Crippen MR) is 206 cm³/mol. The average molecular weight is 652 g/mol. The lowest BCUT2D eigenvalue weighted by molar-refractivity contribution is 0.630. The maximum Gasteiger partial charge on any atom is 0.235 e. The summed E-state index contributed by atoms with van der Waals surface area (Å²) in [5, 5.41) is 4.32. The Morgan fingerprint density at radius 3 is 1.86 bits per heavy atom. The molecular weight excluding hydrogens is 623 g/mol. The van der Waals surface area contributed by atoms with Crippen LogP contribution in [0.4, 0.5) is 0 Å². The van der Waals surface area contributed by atoms with Gasteiger partial charge in [0.2, 0.25) is 5.95 Å². The van der Waals surface area contributed by atoms with Gasteiger partial charge in [0, 0.05) is 38.2 Å². The molecule has 0 fully saturated rings. The number of nitrogens with zero attached hydrogens (tertiary/aromatic N) is 3. The largest absolute Gasteiger partial charge is 0.453 e. The molecule has 0 amide bonds. The quantitative estimate of drug-likeness (QED) is 0.190. The Balaban J connectivity index is 1.30. The van der Waals surface area contributed by atoms with Crippen LogP contribution in [0.2, 0.25) is 0 Å². The van der Waals surface area contributed by atoms with Gasteiger partial charge in [-0.15, -0.1) is 0 Å². The van der Waals surface area contributed by atoms with Crippen molar-refractivity contribution in [2.75, 3.05) is 0 Å². The third-order valence-corrected chi connectivity index (χ3v) is 10.7. The molecule has 238 valence electrons. The van der Waals surface area contributed by atoms with Crippen molar-refractivity contribution in [1.29, 1.82) is 0 Å². The molecule has 0 saturated carbocycles. The molecule has 0 aliphatic heterocycles. The van der Waals surface area contributed by atoms with E-state index in [2.05, 4.69) is 168 Å². The summed E-state index contributed by atoms with van der Waals surface area (Å²) in [4.78, 5) is 10.6. The fourth-order valence-corrected chi connectivity index (χ4v) is 8.64. The zero-order chi connectivity index (χ0) is 33.5. The number of fused-ring (bicyclic) bond motifs is 10. The molecule has 7 aromatic carbocycles. The highest BCUT2D eigenvalue weighted by atomic mass is 16.3. The molecule has 0 N–H and O–H groups in total. The van der Waals surface area contributed by atoms with Crippen LogP contribution < -0.4 is 0 Å². The van der Waals surface area contributed by atoms with Crippen molar-refractivity contribution in [2.24, 2.45) is 0 Å². The van der Waals surface area contributed by atoms with Gasteiger partial charge < -0.3 is 4.42 Å². The zero-order valence-corrected chi connectivity index (χ0v) is 27.5. The first-order chi connectivity index (χ1) is 25.3. The van der Waals surface area contributed by atoms with Crippen LogP contribution in [-0.2, 0) is 5.41 Å². The summed E-state index contributed by atoms with van der Waals surface area (Å²) in [5.41, 5.74) is 11.0. The number of hydrogen-bond donors (Lipinski definition) is 0. The van der Waals surface area contributed by atoms with Gasteiger partial charge in [-0.2, -0.15) is 0 Å². The highest BCUT2D eigenvalue weighted by Gasteiger charge is 2.49. The van der Waals surface area contributed by atoms with E-state index < -0.39 is 5.41 Å². The van der Waals surface area contributed by atoms with E-state index in [0.29, 0.717) is 5.95 Å². The number of benzene rings is 7. The van der Waals surface area contributed by atoms with Crippen LogP contribution in [0, 0.1) is 0 Å². The first kappa shape index (κ1) is 28.1. The Morgan fingerprint density at radius 2 is 1.10 bits per heavy atom. The van der Waals surface area contributed by atoms with E-state index in [1.807, 2.05) is 12.1 Å². The average Bonchev–Trinajstić information content (AvgIpc) is 3.85. The lowest BCUT2D eigenvalue weighted by Crippen LogP contribution is -2.28. The van der Waals surface area contributed by atoms with Gasteiger partial charge in [-0.25, -0.2) is 9.97 Å². The van der Waals surface area contributed by atoms with Crippen molar-refractivity contribution >= 4 is 43.7 Å². The molecule has 11 rings (SSSR count). The van der Waals surface area contributed by atoms with Gasteiger partial charge in [0.25, 0.3) is 0 Å². The van der Waals surface area contributed by atoms with E-state index in [0.717, 1.165) is 66.3 Å². The normalized spacial score (nSPS) is 13.3. The van der Waals surface area contributed by atoms with E-state index in [9.17, 15) is 0 Å². The Morgan fingerprint density at radius 1 is 0.490 bits per heavy atom. The molecule has 1 aliphatic carbocycles. The van der Waals surface area contributed by atoms with Gasteiger partial charge in [-0.1, -0.05) is 158 Å². The maximum atomic E-state index is 7.27. The van der Waals surface area contributed by atoms with Crippen molar-refractivity contribution in [3.8, 4) is 28.5 Å². The molecule has 0 atom stereocenters. The molecule has 3 heterocycles. The standard InChI is InChI=1S/C47H29N3O/c1-4-16-30(17-5-1)42-36-24-11-14-26-39(36)48-46(49-42)50-40-27-15-12-22-33(40)34-28-29-37-41-44(51-45(37)43(34)50)35-23-10-13-25-38(35)47(41,31-18-6-2-7-19-31)32-20-8-3-9-21-32/h1-29H. The van der Waals surface area contributed by atoms with Crippen LogP contribution in [0.15, 0.2) is 180 Å². The zero-order valence-electron chi connectivity index (χ0n) is 27.5. The van der Waals surface area contributed by atoms with Crippen molar-refractivity contribution in [3.63, 3.8) is 0 Å². The number of hydrogen-bond acceptors (Lipinski definition) is 3. The van der Waals surface area contributed by atoms with E-state index >= 15 is 0 Å². The Hall–Kier alpha value is -6.78. The van der Waals surface area contributed by atoms with Crippen molar-refractivity contribution in [1.82, 2.24) is 14.5 Å². The SMILES string of the molecule is c1ccc(-c2nc(-n3c4ccccc4c4ccc5c6c(oc5c43)-c3ccccc3C6(c3ccccc3)c3ccccc3)nc3ccccc23)cc1. The van der Waals surface area contributed by atoms with Gasteiger partial charge >= 0.3 is 0 Å². The van der Waals surface area contributed by atoms with Crippen LogP contribution in [0.3, 0.4) is 0 Å². The monoisotopic (exact) mass is 651 g/mol. The minimum absolute atomic E-state index is 0.579. The third-order valence-electron chi connectivity index (χ3n) is 10.7. The summed E-state index contributed by atoms with van der Waals surface area (Å²) in [6.45, 7) is 0. The Kier molecular flexibility index (Phi) is 5.84. The van der Waals surface area contributed by atoms with Crippen LogP contribution in [0.1, 0.15) is 22.3 Å². The Bertz CT molecular complexity index is 2920. The van der Waals surface area contributed by atoms with Crippen molar-refractivity contribution < 1.29 is 4.42 Å². The first-order valence-electron chi connectivity index (χ1n) is 17.3. The molecular formula is C47H29N3O. The second-order valence-electron chi connectivity index (χ2n) is 13.3. The fraction of sp³-hybridized carbons (Fsp3) is 0.0213. The Labute approximate surface area is 293 Å². The topological polar surface area (TPSA) is 43.9 Å². The van der Waals surface area contributed by atoms with E-state index in [1.54, 1.807) is 0 Å². The van der Waals surface area contributed by atoms with Crippen molar-refractivity contribution in [3.05, 3.63) is 198 Å². The second-order valence-corrected chi connectivity index (χ2v) is 13.3. The summed E-state index contributed by atoms with van der Waals surface area (Å²) >= 11 is 0. The smallest absolute Gasteiger partial charge is 0.235 e. The van der Waals surface area contributed by atoms with Gasteiger partial charge in [0.15, 0.2) is 5.58 Å². The lowest BCUT2D eigenvalue weighted by Gasteiger charge is -2.33. The second kappa shape index (κ2) is 10.6. The van der Waals surface area contributed by atoms with Crippen LogP contribution in [-0.4, -0.2) is 14.5 Å². The summed E-state index contributed by atoms with van der Waals surface area (Å²) < 4.78 is 9.48. The van der Waals surface area contributed by atoms with Gasteiger partial charge in [-0.05, 0) is 34.9 Å². The van der Waals surface area contributed by atoms with Crippen LogP contribution in [0.25, 0.3) is 72.2 Å². The predicted octanol–water partition coefficient (Wildman–Crippen LogP) is 11.5. The summed E-state index contributed by atoms with van der Waals surface area (Å²) in [6.07, 6.45) is 0. The maximum absolute atomic E-state index is 7.27. The minimum Gasteiger partial charge on any atom is -0.453 e. The fourth-order valence-electron chi connectivity index (χ4n) is 8.64. The number of aromatic nitrogens is 3. The van der Waals surface area contributed by atoms with Gasteiger partial charge in [0.1, 0.15) is 11.3 Å². The summed E-state index contributed by atoms with van der Waals surface area (Å²) in [7, 11) is 0. The van der Waals surface area contributed by atoms with E-state index in [1.165, 1.54) is 22.3 Å². The molecule has 51 heavy (non-hydrogen) atoms. The lowest BCUT2D eigenvalue weighted by atomic mass is 9.67. The third kappa shape index (κ3) is 3.79. The van der Waals surface area contributed by atoms with Crippen molar-refractivity contribution in [2.45, 2.75) is 5.41 Å². The summed E-state index contributed by atoms with van der Waals surface area (Å²) in [5.74, 6) is 1.52. The molecule has 0 spiro atoms. The molecule has 0 saturated heterocycles. The van der Waals surface area contributed by atoms with Crippen LogP contribution in [0.5, 0.6) is 0 Å². The molecule has 0 unspecified atom stereocenters. The number of para-hydroxylation sites is 2. The molecule has 4 nitrogen and oxygen atoms in total. The summed E-state index contributed by atoms with van der Waals surface area (Å²) in [6, 6.07) is 62.2. The highest BCUT2D eigenvalue weighted by Crippen LogP contribution is 2.60. The molecule has 0 radical (unpaired) electrons. The molecule has 1 aliphatic rings. The van der Waals surface area contributed by atoms with Gasteiger partial charge in [0.05, 0.1) is 22.1 Å². The molecule has 4 heteroatoms. The molecule has 3 aromatic heterocycles. The van der Waals surface area contributed by atoms with E-state index in [4.69, 9.17) is 14.4 Å². The van der Waals surface area contributed by atoms with E-state index in [-0.39, 0.29) is 0 Å². The molecule has 10 aromatic rings. The molecule has 0 bridgehead atoms. The van der Waals surface area contributed by atoms with Crippen LogP contribution >= 0.6 is 0 Å². The highest BCUT2D eigenvalue weighted by molar-refractivity contribution is 6.19. The minimum atomic E-state index is -0.579. The van der Waals surface area contributed by atoms with Gasteiger partial charge in [-0.3, -0.25) is 4.57 Å².